The quantitative estimate of drug-likeness (QED) is 0.770. The summed E-state index contributed by atoms with van der Waals surface area (Å²) in [4.78, 5) is 29.7. The van der Waals surface area contributed by atoms with E-state index < -0.39 is 0 Å². The second kappa shape index (κ2) is 8.74. The molecule has 0 radical (unpaired) electrons. The van der Waals surface area contributed by atoms with Gasteiger partial charge in [-0.25, -0.2) is 0 Å². The molecule has 2 aliphatic heterocycles. The van der Waals surface area contributed by atoms with Crippen molar-refractivity contribution in [2.75, 3.05) is 23.3 Å². The SMILES string of the molecule is CC(C)(C)CC(=O)N1CCCC1C(=O)Nc1ccc(CN2CCc3ccccc32)cc1. The maximum absolute atomic E-state index is 12.9. The fourth-order valence-corrected chi connectivity index (χ4v) is 4.60. The average molecular weight is 420 g/mol. The normalized spacial score (nSPS) is 18.2. The van der Waals surface area contributed by atoms with Crippen molar-refractivity contribution in [3.63, 3.8) is 0 Å². The molecule has 1 N–H and O–H groups in total. The second-order valence-corrected chi connectivity index (χ2v) is 9.97. The molecule has 0 aliphatic carbocycles. The lowest BCUT2D eigenvalue weighted by atomic mass is 9.91. The zero-order chi connectivity index (χ0) is 22.0. The van der Waals surface area contributed by atoms with Gasteiger partial charge in [-0.3, -0.25) is 9.59 Å². The predicted octanol–water partition coefficient (Wildman–Crippen LogP) is 4.62. The number of hydrogen-bond acceptors (Lipinski definition) is 3. The Labute approximate surface area is 185 Å². The second-order valence-electron chi connectivity index (χ2n) is 9.97. The van der Waals surface area contributed by atoms with Gasteiger partial charge in [0.05, 0.1) is 0 Å². The third-order valence-electron chi connectivity index (χ3n) is 6.14. The standard InChI is InChI=1S/C26H33N3O2/c1-26(2,3)17-24(30)29-15-6-9-23(29)25(31)27-21-12-10-19(11-13-21)18-28-16-14-20-7-4-5-8-22(20)28/h4-5,7-8,10-13,23H,6,9,14-18H2,1-3H3,(H,27,31). The number of nitrogens with one attached hydrogen (secondary N) is 1. The van der Waals surface area contributed by atoms with Gasteiger partial charge >= 0.3 is 0 Å². The Hall–Kier alpha value is -2.82. The van der Waals surface area contributed by atoms with Crippen LogP contribution in [0.4, 0.5) is 11.4 Å². The van der Waals surface area contributed by atoms with Crippen LogP contribution < -0.4 is 10.2 Å². The molecule has 4 rings (SSSR count). The number of carbonyl (C=O) groups is 2. The fraction of sp³-hybridized carbons (Fsp3) is 0.462. The summed E-state index contributed by atoms with van der Waals surface area (Å²) < 4.78 is 0. The van der Waals surface area contributed by atoms with Crippen LogP contribution in [0.25, 0.3) is 0 Å². The summed E-state index contributed by atoms with van der Waals surface area (Å²) in [6, 6.07) is 16.3. The molecule has 2 aliphatic rings. The lowest BCUT2D eigenvalue weighted by Gasteiger charge is -2.27. The number of fused-ring (bicyclic) bond motifs is 1. The average Bonchev–Trinajstić information content (AvgIpc) is 3.36. The molecule has 31 heavy (non-hydrogen) atoms. The van der Waals surface area contributed by atoms with E-state index in [0.29, 0.717) is 13.0 Å². The van der Waals surface area contributed by atoms with Gasteiger partial charge in [0.1, 0.15) is 6.04 Å². The first kappa shape index (κ1) is 21.4. The van der Waals surface area contributed by atoms with Gasteiger partial charge in [-0.1, -0.05) is 51.1 Å². The Kier molecular flexibility index (Phi) is 6.03. The number of carbonyl (C=O) groups excluding carboxylic acids is 2. The van der Waals surface area contributed by atoms with Gasteiger partial charge in [-0.15, -0.1) is 0 Å². The van der Waals surface area contributed by atoms with Crippen LogP contribution in [-0.4, -0.2) is 35.8 Å². The highest BCUT2D eigenvalue weighted by molar-refractivity contribution is 5.97. The molecule has 2 aromatic rings. The van der Waals surface area contributed by atoms with E-state index in [-0.39, 0.29) is 23.3 Å². The van der Waals surface area contributed by atoms with E-state index in [2.05, 4.69) is 67.4 Å². The number of hydrogen-bond donors (Lipinski definition) is 1. The molecule has 0 bridgehead atoms. The van der Waals surface area contributed by atoms with E-state index >= 15 is 0 Å². The lowest BCUT2D eigenvalue weighted by molar-refractivity contribution is -0.138. The summed E-state index contributed by atoms with van der Waals surface area (Å²) in [7, 11) is 0. The van der Waals surface area contributed by atoms with Crippen molar-refractivity contribution in [3.05, 3.63) is 59.7 Å². The molecule has 0 saturated carbocycles. The molecular formula is C26H33N3O2. The van der Waals surface area contributed by atoms with E-state index in [9.17, 15) is 9.59 Å². The number of nitrogens with zero attached hydrogens (tertiary/aromatic N) is 2. The van der Waals surface area contributed by atoms with Crippen LogP contribution in [0, 0.1) is 5.41 Å². The van der Waals surface area contributed by atoms with Gasteiger partial charge in [0.15, 0.2) is 0 Å². The monoisotopic (exact) mass is 419 g/mol. The first-order valence-electron chi connectivity index (χ1n) is 11.3. The van der Waals surface area contributed by atoms with Crippen molar-refractivity contribution in [2.24, 2.45) is 5.41 Å². The topological polar surface area (TPSA) is 52.7 Å². The van der Waals surface area contributed by atoms with Gasteiger partial charge in [-0.2, -0.15) is 0 Å². The van der Waals surface area contributed by atoms with Crippen LogP contribution >= 0.6 is 0 Å². The Bertz CT molecular complexity index is 946. The van der Waals surface area contributed by atoms with Crippen LogP contribution in [0.2, 0.25) is 0 Å². The van der Waals surface area contributed by atoms with Crippen molar-refractivity contribution < 1.29 is 9.59 Å². The first-order valence-corrected chi connectivity index (χ1v) is 11.3. The van der Waals surface area contributed by atoms with Gasteiger partial charge in [0.2, 0.25) is 11.8 Å². The minimum atomic E-state index is -0.365. The molecule has 164 valence electrons. The van der Waals surface area contributed by atoms with Crippen LogP contribution in [0.1, 0.15) is 51.2 Å². The van der Waals surface area contributed by atoms with Crippen molar-refractivity contribution >= 4 is 23.2 Å². The maximum Gasteiger partial charge on any atom is 0.247 e. The van der Waals surface area contributed by atoms with Crippen molar-refractivity contribution in [1.82, 2.24) is 4.90 Å². The zero-order valence-corrected chi connectivity index (χ0v) is 18.9. The largest absolute Gasteiger partial charge is 0.367 e. The molecule has 1 fully saturated rings. The fourth-order valence-electron chi connectivity index (χ4n) is 4.60. The summed E-state index contributed by atoms with van der Waals surface area (Å²) in [6.07, 6.45) is 3.17. The van der Waals surface area contributed by atoms with Crippen LogP contribution in [0.5, 0.6) is 0 Å². The van der Waals surface area contributed by atoms with Crippen LogP contribution in [-0.2, 0) is 22.6 Å². The summed E-state index contributed by atoms with van der Waals surface area (Å²) >= 11 is 0. The highest BCUT2D eigenvalue weighted by Crippen LogP contribution is 2.29. The van der Waals surface area contributed by atoms with E-state index in [0.717, 1.165) is 38.0 Å². The predicted molar refractivity (Wildman–Crippen MR) is 125 cm³/mol. The van der Waals surface area contributed by atoms with Gasteiger partial charge in [-0.05, 0) is 54.0 Å². The van der Waals surface area contributed by atoms with Crippen LogP contribution in [0.3, 0.4) is 0 Å². The molecule has 0 aromatic heterocycles. The number of anilines is 2. The van der Waals surface area contributed by atoms with Crippen molar-refractivity contribution in [2.45, 2.75) is 59.0 Å². The van der Waals surface area contributed by atoms with Crippen molar-refractivity contribution in [3.8, 4) is 0 Å². The van der Waals surface area contributed by atoms with Gasteiger partial charge in [0.25, 0.3) is 0 Å². The van der Waals surface area contributed by atoms with Crippen LogP contribution in [0.15, 0.2) is 48.5 Å². The van der Waals surface area contributed by atoms with E-state index in [1.165, 1.54) is 16.8 Å². The first-order chi connectivity index (χ1) is 14.8. The number of para-hydroxylation sites is 1. The molecule has 2 aromatic carbocycles. The number of rotatable bonds is 5. The minimum absolute atomic E-state index is 0.0754. The summed E-state index contributed by atoms with van der Waals surface area (Å²) in [6.45, 7) is 8.74. The molecule has 5 heteroatoms. The summed E-state index contributed by atoms with van der Waals surface area (Å²) in [5, 5.41) is 3.02. The highest BCUT2D eigenvalue weighted by atomic mass is 16.2. The smallest absolute Gasteiger partial charge is 0.247 e. The van der Waals surface area contributed by atoms with E-state index in [1.807, 2.05) is 12.1 Å². The zero-order valence-electron chi connectivity index (χ0n) is 18.9. The lowest BCUT2D eigenvalue weighted by Crippen LogP contribution is -2.44. The third-order valence-corrected chi connectivity index (χ3v) is 6.14. The molecule has 0 spiro atoms. The molecular weight excluding hydrogens is 386 g/mol. The number of amides is 2. The number of benzene rings is 2. The number of likely N-dealkylation sites (tertiary alicyclic amines) is 1. The Balaban J connectivity index is 1.35. The third kappa shape index (κ3) is 5.09. The Morgan fingerprint density at radius 1 is 1.03 bits per heavy atom. The Morgan fingerprint density at radius 2 is 1.77 bits per heavy atom. The van der Waals surface area contributed by atoms with Gasteiger partial charge < -0.3 is 15.1 Å². The van der Waals surface area contributed by atoms with Crippen molar-refractivity contribution in [1.29, 1.82) is 0 Å². The molecule has 2 amide bonds. The summed E-state index contributed by atoms with van der Waals surface area (Å²) in [5.41, 5.74) is 4.66. The molecule has 5 nitrogen and oxygen atoms in total. The van der Waals surface area contributed by atoms with E-state index in [4.69, 9.17) is 0 Å². The molecule has 2 heterocycles. The maximum atomic E-state index is 12.9. The minimum Gasteiger partial charge on any atom is -0.367 e. The highest BCUT2D eigenvalue weighted by Gasteiger charge is 2.35. The summed E-state index contributed by atoms with van der Waals surface area (Å²) in [5.74, 6) is -0.00706. The van der Waals surface area contributed by atoms with Gasteiger partial charge in [0, 0.05) is 37.4 Å². The Morgan fingerprint density at radius 3 is 2.52 bits per heavy atom. The van der Waals surface area contributed by atoms with E-state index in [1.54, 1.807) is 4.90 Å². The molecule has 1 saturated heterocycles. The molecule has 1 atom stereocenters. The molecule has 1 unspecified atom stereocenters.